The number of halogens is 3. The quantitative estimate of drug-likeness (QED) is 0.654. The Kier molecular flexibility index (Phi) is 4.57. The third kappa shape index (κ3) is 3.12. The first-order chi connectivity index (χ1) is 10.1. The third-order valence-corrected chi connectivity index (χ3v) is 5.47. The molecule has 0 spiro atoms. The lowest BCUT2D eigenvalue weighted by Gasteiger charge is -2.14. The first-order valence-corrected chi connectivity index (χ1v) is 8.68. The average Bonchev–Trinajstić information content (AvgIpc) is 2.96. The molecule has 3 nitrogen and oxygen atoms in total. The number of hydrogen-bond donors (Lipinski definition) is 1. The number of nitrogens with zero attached hydrogens (tertiary/aromatic N) is 2. The number of benzene rings is 1. The van der Waals surface area contributed by atoms with Crippen molar-refractivity contribution >= 4 is 51.6 Å². The zero-order valence-corrected chi connectivity index (χ0v) is 14.9. The van der Waals surface area contributed by atoms with E-state index in [2.05, 4.69) is 27.6 Å². The number of anilines is 1. The van der Waals surface area contributed by atoms with Gasteiger partial charge in [-0.3, -0.25) is 0 Å². The molecule has 110 valence electrons. The molecule has 21 heavy (non-hydrogen) atoms. The molecule has 1 fully saturated rings. The van der Waals surface area contributed by atoms with Crippen LogP contribution < -0.4 is 5.73 Å². The number of aromatic nitrogens is 2. The van der Waals surface area contributed by atoms with E-state index in [1.165, 1.54) is 25.7 Å². The zero-order chi connectivity index (χ0) is 15.0. The maximum atomic E-state index is 6.26. The van der Waals surface area contributed by atoms with Gasteiger partial charge in [0, 0.05) is 16.5 Å². The van der Waals surface area contributed by atoms with Crippen molar-refractivity contribution in [3.8, 4) is 11.4 Å². The lowest BCUT2D eigenvalue weighted by molar-refractivity contribution is 0.691. The summed E-state index contributed by atoms with van der Waals surface area (Å²) < 4.78 is 0.966. The summed E-state index contributed by atoms with van der Waals surface area (Å²) in [6.07, 6.45) is 4.84. The molecule has 0 aliphatic heterocycles. The molecule has 1 heterocycles. The van der Waals surface area contributed by atoms with Gasteiger partial charge < -0.3 is 5.73 Å². The molecule has 0 atom stereocenters. The maximum Gasteiger partial charge on any atom is 0.163 e. The van der Waals surface area contributed by atoms with Gasteiger partial charge in [-0.1, -0.05) is 36.0 Å². The molecule has 1 aromatic carbocycles. The van der Waals surface area contributed by atoms with E-state index in [-0.39, 0.29) is 0 Å². The molecule has 0 radical (unpaired) electrons. The second-order valence-electron chi connectivity index (χ2n) is 5.24. The predicted molar refractivity (Wildman–Crippen MR) is 95.8 cm³/mol. The van der Waals surface area contributed by atoms with E-state index in [1.54, 1.807) is 12.1 Å². The van der Waals surface area contributed by atoms with Crippen LogP contribution in [0.4, 0.5) is 5.82 Å². The highest BCUT2D eigenvalue weighted by Gasteiger charge is 2.24. The van der Waals surface area contributed by atoms with Crippen LogP contribution >= 0.6 is 45.8 Å². The second kappa shape index (κ2) is 6.26. The Morgan fingerprint density at radius 3 is 2.52 bits per heavy atom. The van der Waals surface area contributed by atoms with Crippen molar-refractivity contribution in [3.63, 3.8) is 0 Å². The van der Waals surface area contributed by atoms with Gasteiger partial charge in [-0.2, -0.15) is 0 Å². The van der Waals surface area contributed by atoms with Crippen molar-refractivity contribution < 1.29 is 0 Å². The van der Waals surface area contributed by atoms with E-state index in [1.807, 2.05) is 6.07 Å². The van der Waals surface area contributed by atoms with Crippen LogP contribution in [-0.2, 0) is 0 Å². The van der Waals surface area contributed by atoms with Gasteiger partial charge in [0.25, 0.3) is 0 Å². The maximum absolute atomic E-state index is 6.26. The van der Waals surface area contributed by atoms with Gasteiger partial charge >= 0.3 is 0 Å². The van der Waals surface area contributed by atoms with Gasteiger partial charge in [0.15, 0.2) is 5.82 Å². The number of nitrogens with two attached hydrogens (primary N) is 1. The van der Waals surface area contributed by atoms with Crippen molar-refractivity contribution in [2.24, 2.45) is 0 Å². The third-order valence-electron chi connectivity index (χ3n) is 3.82. The molecule has 3 rings (SSSR count). The smallest absolute Gasteiger partial charge is 0.163 e. The van der Waals surface area contributed by atoms with Gasteiger partial charge in [-0.25, -0.2) is 9.97 Å². The molecular weight excluding hydrogens is 420 g/mol. The van der Waals surface area contributed by atoms with E-state index in [0.29, 0.717) is 27.6 Å². The van der Waals surface area contributed by atoms with Gasteiger partial charge in [0.05, 0.1) is 14.3 Å². The van der Waals surface area contributed by atoms with Crippen LogP contribution in [-0.4, -0.2) is 9.97 Å². The van der Waals surface area contributed by atoms with Crippen LogP contribution in [0, 0.1) is 3.57 Å². The molecule has 0 amide bonds. The molecule has 1 saturated carbocycles. The highest BCUT2D eigenvalue weighted by molar-refractivity contribution is 14.1. The van der Waals surface area contributed by atoms with Crippen LogP contribution in [0.25, 0.3) is 11.4 Å². The van der Waals surface area contributed by atoms with E-state index < -0.39 is 0 Å². The standard InChI is InChI=1S/C15H14Cl2IN3/c16-9-5-6-10(11(17)7-9)15-20-13(8-3-1-2-4-8)12(18)14(19)21-15/h5-8H,1-4H2,(H2,19,20,21). The fraction of sp³-hybridized carbons (Fsp3) is 0.333. The van der Waals surface area contributed by atoms with Gasteiger partial charge in [-0.05, 0) is 53.6 Å². The van der Waals surface area contributed by atoms with Crippen molar-refractivity contribution in [1.82, 2.24) is 9.97 Å². The minimum atomic E-state index is 0.479. The van der Waals surface area contributed by atoms with Crippen LogP contribution in [0.15, 0.2) is 18.2 Å². The fourth-order valence-electron chi connectivity index (χ4n) is 2.74. The SMILES string of the molecule is Nc1nc(-c2ccc(Cl)cc2Cl)nc(C2CCCC2)c1I. The number of rotatable bonds is 2. The predicted octanol–water partition coefficient (Wildman–Crippen LogP) is 5.29. The summed E-state index contributed by atoms with van der Waals surface area (Å²) in [7, 11) is 0. The Morgan fingerprint density at radius 1 is 1.14 bits per heavy atom. The zero-order valence-electron chi connectivity index (χ0n) is 11.2. The Hall–Kier alpha value is -0.590. The fourth-order valence-corrected chi connectivity index (χ4v) is 3.92. The Labute approximate surface area is 147 Å². The second-order valence-corrected chi connectivity index (χ2v) is 7.16. The highest BCUT2D eigenvalue weighted by atomic mass is 127. The van der Waals surface area contributed by atoms with Gasteiger partial charge in [0.2, 0.25) is 0 Å². The normalized spacial score (nSPS) is 15.6. The molecule has 2 N–H and O–H groups in total. The highest BCUT2D eigenvalue weighted by Crippen LogP contribution is 2.38. The van der Waals surface area contributed by atoms with Crippen LogP contribution in [0.1, 0.15) is 37.3 Å². The average molecular weight is 434 g/mol. The summed E-state index contributed by atoms with van der Waals surface area (Å²) in [5.41, 5.74) is 7.90. The molecule has 1 aliphatic rings. The number of hydrogen-bond acceptors (Lipinski definition) is 3. The molecule has 0 bridgehead atoms. The minimum Gasteiger partial charge on any atom is -0.383 e. The summed E-state index contributed by atoms with van der Waals surface area (Å²) in [5.74, 6) is 1.58. The van der Waals surface area contributed by atoms with E-state index in [4.69, 9.17) is 33.9 Å². The molecule has 6 heteroatoms. The summed E-state index contributed by atoms with van der Waals surface area (Å²) >= 11 is 14.4. The molecule has 1 aromatic heterocycles. The van der Waals surface area contributed by atoms with E-state index >= 15 is 0 Å². The summed E-state index contributed by atoms with van der Waals surface area (Å²) in [5, 5.41) is 1.14. The summed E-state index contributed by atoms with van der Waals surface area (Å²) in [4.78, 5) is 9.15. The van der Waals surface area contributed by atoms with Crippen molar-refractivity contribution in [2.45, 2.75) is 31.6 Å². The lowest BCUT2D eigenvalue weighted by Crippen LogP contribution is -2.08. The Balaban J connectivity index is 2.10. The molecule has 2 aromatic rings. The largest absolute Gasteiger partial charge is 0.383 e. The molecule has 0 saturated heterocycles. The first-order valence-electron chi connectivity index (χ1n) is 6.84. The Bertz CT molecular complexity index is 685. The molecule has 0 unspecified atom stereocenters. The van der Waals surface area contributed by atoms with E-state index in [0.717, 1.165) is 14.8 Å². The Morgan fingerprint density at radius 2 is 1.86 bits per heavy atom. The summed E-state index contributed by atoms with van der Waals surface area (Å²) in [6.45, 7) is 0. The minimum absolute atomic E-state index is 0.479. The van der Waals surface area contributed by atoms with Crippen LogP contribution in [0.3, 0.4) is 0 Å². The van der Waals surface area contributed by atoms with Gasteiger partial charge in [0.1, 0.15) is 5.82 Å². The van der Waals surface area contributed by atoms with Crippen LogP contribution in [0.5, 0.6) is 0 Å². The lowest BCUT2D eigenvalue weighted by atomic mass is 10.0. The topological polar surface area (TPSA) is 51.8 Å². The van der Waals surface area contributed by atoms with Crippen molar-refractivity contribution in [2.75, 3.05) is 5.73 Å². The van der Waals surface area contributed by atoms with E-state index in [9.17, 15) is 0 Å². The molecule has 1 aliphatic carbocycles. The monoisotopic (exact) mass is 433 g/mol. The number of nitrogen functional groups attached to an aromatic ring is 1. The van der Waals surface area contributed by atoms with Crippen molar-refractivity contribution in [3.05, 3.63) is 37.5 Å². The first kappa shape index (κ1) is 15.3. The summed E-state index contributed by atoms with van der Waals surface area (Å²) in [6, 6.07) is 5.32. The van der Waals surface area contributed by atoms with Crippen LogP contribution in [0.2, 0.25) is 10.0 Å². The van der Waals surface area contributed by atoms with Gasteiger partial charge in [-0.15, -0.1) is 0 Å². The van der Waals surface area contributed by atoms with Crippen molar-refractivity contribution in [1.29, 1.82) is 0 Å². The molecular formula is C15H14Cl2IN3.